The number of nitrogens with zero attached hydrogens (tertiary/aromatic N) is 3. The van der Waals surface area contributed by atoms with Crippen LogP contribution in [0.15, 0.2) is 24.3 Å². The highest BCUT2D eigenvalue weighted by Crippen LogP contribution is 2.16. The van der Waals surface area contributed by atoms with E-state index in [1.807, 2.05) is 6.07 Å². The summed E-state index contributed by atoms with van der Waals surface area (Å²) in [7, 11) is 0. The van der Waals surface area contributed by atoms with Gasteiger partial charge in [0.05, 0.1) is 6.07 Å². The molecule has 0 saturated carbocycles. The van der Waals surface area contributed by atoms with Gasteiger partial charge in [-0.3, -0.25) is 4.90 Å². The molecule has 0 bridgehead atoms. The van der Waals surface area contributed by atoms with Crippen LogP contribution in [0.4, 0.5) is 10.1 Å². The smallest absolute Gasteiger partial charge is 0.123 e. The SMILES string of the molecule is N#CC(N)CN1CCN(c2ccc(F)cc2)CC1. The van der Waals surface area contributed by atoms with Gasteiger partial charge >= 0.3 is 0 Å². The number of benzene rings is 1. The van der Waals surface area contributed by atoms with E-state index in [0.717, 1.165) is 31.9 Å². The van der Waals surface area contributed by atoms with Gasteiger partial charge in [-0.05, 0) is 24.3 Å². The minimum Gasteiger partial charge on any atom is -0.369 e. The molecular weight excluding hydrogens is 231 g/mol. The maximum atomic E-state index is 12.8. The molecule has 96 valence electrons. The van der Waals surface area contributed by atoms with E-state index in [0.29, 0.717) is 6.54 Å². The van der Waals surface area contributed by atoms with Crippen molar-refractivity contribution in [2.45, 2.75) is 6.04 Å². The van der Waals surface area contributed by atoms with Crippen molar-refractivity contribution in [1.82, 2.24) is 4.90 Å². The Bertz CT molecular complexity index is 418. The largest absolute Gasteiger partial charge is 0.369 e. The molecule has 1 aliphatic rings. The Morgan fingerprint density at radius 2 is 1.83 bits per heavy atom. The Labute approximate surface area is 106 Å². The third kappa shape index (κ3) is 3.19. The number of hydrogen-bond acceptors (Lipinski definition) is 4. The van der Waals surface area contributed by atoms with E-state index in [2.05, 4.69) is 9.80 Å². The average molecular weight is 248 g/mol. The van der Waals surface area contributed by atoms with Gasteiger partial charge in [0.2, 0.25) is 0 Å². The van der Waals surface area contributed by atoms with Gasteiger partial charge in [-0.1, -0.05) is 0 Å². The van der Waals surface area contributed by atoms with Crippen molar-refractivity contribution in [2.24, 2.45) is 5.73 Å². The van der Waals surface area contributed by atoms with Gasteiger partial charge in [-0.25, -0.2) is 4.39 Å². The highest BCUT2D eigenvalue weighted by Gasteiger charge is 2.18. The minimum absolute atomic E-state index is 0.211. The first-order valence-corrected chi connectivity index (χ1v) is 6.07. The Morgan fingerprint density at radius 3 is 2.39 bits per heavy atom. The summed E-state index contributed by atoms with van der Waals surface area (Å²) in [4.78, 5) is 4.40. The van der Waals surface area contributed by atoms with Gasteiger partial charge in [0, 0.05) is 38.4 Å². The monoisotopic (exact) mass is 248 g/mol. The molecule has 5 heteroatoms. The fraction of sp³-hybridized carbons (Fsp3) is 0.462. The van der Waals surface area contributed by atoms with Gasteiger partial charge in [-0.15, -0.1) is 0 Å². The molecule has 18 heavy (non-hydrogen) atoms. The van der Waals surface area contributed by atoms with Crippen LogP contribution in [0.2, 0.25) is 0 Å². The third-order valence-corrected chi connectivity index (χ3v) is 3.18. The number of anilines is 1. The Morgan fingerprint density at radius 1 is 1.22 bits per heavy atom. The normalized spacial score (nSPS) is 18.4. The van der Waals surface area contributed by atoms with Crippen molar-refractivity contribution in [2.75, 3.05) is 37.6 Å². The lowest BCUT2D eigenvalue weighted by Crippen LogP contribution is -2.49. The molecule has 1 aromatic carbocycles. The lowest BCUT2D eigenvalue weighted by molar-refractivity contribution is 0.254. The number of rotatable bonds is 3. The molecule has 1 heterocycles. The molecular formula is C13H17FN4. The maximum absolute atomic E-state index is 12.8. The van der Waals surface area contributed by atoms with Crippen molar-refractivity contribution in [3.05, 3.63) is 30.1 Å². The maximum Gasteiger partial charge on any atom is 0.123 e. The van der Waals surface area contributed by atoms with E-state index in [-0.39, 0.29) is 5.82 Å². The first-order valence-electron chi connectivity index (χ1n) is 6.07. The number of nitriles is 1. The predicted octanol–water partition coefficient (Wildman–Crippen LogP) is 0.799. The van der Waals surface area contributed by atoms with Crippen LogP contribution < -0.4 is 10.6 Å². The molecule has 1 aliphatic heterocycles. The predicted molar refractivity (Wildman–Crippen MR) is 68.6 cm³/mol. The van der Waals surface area contributed by atoms with Crippen LogP contribution in [0, 0.1) is 17.1 Å². The summed E-state index contributed by atoms with van der Waals surface area (Å²) < 4.78 is 12.8. The van der Waals surface area contributed by atoms with E-state index in [4.69, 9.17) is 11.0 Å². The molecule has 1 atom stereocenters. The molecule has 1 fully saturated rings. The molecule has 0 aliphatic carbocycles. The highest BCUT2D eigenvalue weighted by atomic mass is 19.1. The number of hydrogen-bond donors (Lipinski definition) is 1. The molecule has 0 spiro atoms. The summed E-state index contributed by atoms with van der Waals surface area (Å²) in [6.07, 6.45) is 0. The zero-order chi connectivity index (χ0) is 13.0. The summed E-state index contributed by atoms with van der Waals surface area (Å²) in [6, 6.07) is 8.18. The number of piperazine rings is 1. The standard InChI is InChI=1S/C13H17FN4/c14-11-1-3-13(4-2-11)18-7-5-17(6-8-18)10-12(16)9-15/h1-4,12H,5-8,10,16H2. The van der Waals surface area contributed by atoms with Crippen LogP contribution in [0.3, 0.4) is 0 Å². The van der Waals surface area contributed by atoms with E-state index >= 15 is 0 Å². The van der Waals surface area contributed by atoms with Crippen molar-refractivity contribution in [1.29, 1.82) is 5.26 Å². The summed E-state index contributed by atoms with van der Waals surface area (Å²) >= 11 is 0. The second-order valence-electron chi connectivity index (χ2n) is 4.50. The lowest BCUT2D eigenvalue weighted by atomic mass is 10.2. The van der Waals surface area contributed by atoms with Crippen LogP contribution >= 0.6 is 0 Å². The van der Waals surface area contributed by atoms with Crippen LogP contribution in [-0.2, 0) is 0 Å². The molecule has 1 unspecified atom stereocenters. The number of nitrogens with two attached hydrogens (primary N) is 1. The average Bonchev–Trinajstić information content (AvgIpc) is 2.40. The molecule has 1 aromatic rings. The van der Waals surface area contributed by atoms with Gasteiger partial charge < -0.3 is 10.6 Å². The van der Waals surface area contributed by atoms with Crippen molar-refractivity contribution < 1.29 is 4.39 Å². The van der Waals surface area contributed by atoms with Crippen molar-refractivity contribution >= 4 is 5.69 Å². The van der Waals surface area contributed by atoms with Crippen LogP contribution in [-0.4, -0.2) is 43.7 Å². The molecule has 0 aromatic heterocycles. The molecule has 4 nitrogen and oxygen atoms in total. The fourth-order valence-corrected chi connectivity index (χ4v) is 2.16. The first kappa shape index (κ1) is 12.8. The number of halogens is 1. The molecule has 2 rings (SSSR count). The van der Waals surface area contributed by atoms with E-state index in [1.54, 1.807) is 12.1 Å². The molecule has 1 saturated heterocycles. The van der Waals surface area contributed by atoms with E-state index in [9.17, 15) is 4.39 Å². The minimum atomic E-state index is -0.414. The second kappa shape index (κ2) is 5.80. The quantitative estimate of drug-likeness (QED) is 0.859. The molecule has 2 N–H and O–H groups in total. The zero-order valence-electron chi connectivity index (χ0n) is 10.2. The van der Waals surface area contributed by atoms with Gasteiger partial charge in [0.1, 0.15) is 11.9 Å². The zero-order valence-corrected chi connectivity index (χ0v) is 10.2. The van der Waals surface area contributed by atoms with Crippen LogP contribution in [0.1, 0.15) is 0 Å². The summed E-state index contributed by atoms with van der Waals surface area (Å²) in [5, 5.41) is 8.67. The Kier molecular flexibility index (Phi) is 4.13. The lowest BCUT2D eigenvalue weighted by Gasteiger charge is -2.36. The molecule has 0 amide bonds. The van der Waals surface area contributed by atoms with E-state index < -0.39 is 6.04 Å². The second-order valence-corrected chi connectivity index (χ2v) is 4.50. The summed E-state index contributed by atoms with van der Waals surface area (Å²) in [5.41, 5.74) is 6.65. The van der Waals surface area contributed by atoms with Crippen LogP contribution in [0.25, 0.3) is 0 Å². The molecule has 0 radical (unpaired) electrons. The third-order valence-electron chi connectivity index (χ3n) is 3.18. The fourth-order valence-electron chi connectivity index (χ4n) is 2.16. The topological polar surface area (TPSA) is 56.3 Å². The van der Waals surface area contributed by atoms with Crippen LogP contribution in [0.5, 0.6) is 0 Å². The van der Waals surface area contributed by atoms with Gasteiger partial charge in [-0.2, -0.15) is 5.26 Å². The summed E-state index contributed by atoms with van der Waals surface area (Å²) in [6.45, 7) is 4.14. The van der Waals surface area contributed by atoms with Gasteiger partial charge in [0.15, 0.2) is 0 Å². The van der Waals surface area contributed by atoms with Crippen molar-refractivity contribution in [3.8, 4) is 6.07 Å². The van der Waals surface area contributed by atoms with E-state index in [1.165, 1.54) is 12.1 Å². The highest BCUT2D eigenvalue weighted by molar-refractivity contribution is 5.46. The Hall–Kier alpha value is -1.64. The summed E-state index contributed by atoms with van der Waals surface area (Å²) in [5.74, 6) is -0.211. The van der Waals surface area contributed by atoms with Gasteiger partial charge in [0.25, 0.3) is 0 Å². The van der Waals surface area contributed by atoms with Crippen molar-refractivity contribution in [3.63, 3.8) is 0 Å². The Balaban J connectivity index is 1.87. The first-order chi connectivity index (χ1) is 8.69.